The number of carbonyl (C=O) groups excluding carboxylic acids is 1. The fraction of sp³-hybridized carbons (Fsp3) is 0.429. The maximum absolute atomic E-state index is 13.4. The first-order valence-corrected chi connectivity index (χ1v) is 6.93. The van der Waals surface area contributed by atoms with Gasteiger partial charge >= 0.3 is 5.97 Å². The Hall–Kier alpha value is -2.71. The van der Waals surface area contributed by atoms with Gasteiger partial charge in [0.15, 0.2) is 0 Å². The summed E-state index contributed by atoms with van der Waals surface area (Å²) in [6.07, 6.45) is 0.551. The standard InChI is InChI=1S/C14H18FN3O5/c1-3-14(4-2,13(20)21)7-17-12(19)9-5-8(15)6-10(11(9)16)18(22)23/h5-6H,3-4,7,16H2,1-2H3,(H,17,19)(H,20,21). The first-order chi connectivity index (χ1) is 10.7. The smallest absolute Gasteiger partial charge is 0.311 e. The van der Waals surface area contributed by atoms with E-state index in [1.54, 1.807) is 13.8 Å². The molecule has 8 nitrogen and oxygen atoms in total. The molecule has 1 rings (SSSR count). The molecule has 0 fully saturated rings. The maximum atomic E-state index is 13.4. The van der Waals surface area contributed by atoms with E-state index >= 15 is 0 Å². The Morgan fingerprint density at radius 1 is 1.39 bits per heavy atom. The van der Waals surface area contributed by atoms with Gasteiger partial charge in [0.05, 0.1) is 22.0 Å². The number of hydrogen-bond donors (Lipinski definition) is 3. The van der Waals surface area contributed by atoms with Crippen LogP contribution in [0, 0.1) is 21.3 Å². The molecular formula is C14H18FN3O5. The molecule has 9 heteroatoms. The van der Waals surface area contributed by atoms with Crippen molar-refractivity contribution in [2.75, 3.05) is 12.3 Å². The van der Waals surface area contributed by atoms with Gasteiger partial charge in [-0.15, -0.1) is 0 Å². The molecular weight excluding hydrogens is 309 g/mol. The number of nitrogens with one attached hydrogen (secondary N) is 1. The van der Waals surface area contributed by atoms with Crippen molar-refractivity contribution < 1.29 is 24.0 Å². The van der Waals surface area contributed by atoms with Crippen LogP contribution in [0.5, 0.6) is 0 Å². The average molecular weight is 327 g/mol. The van der Waals surface area contributed by atoms with Crippen LogP contribution in [0.1, 0.15) is 37.0 Å². The highest BCUT2D eigenvalue weighted by Crippen LogP contribution is 2.28. The van der Waals surface area contributed by atoms with Crippen LogP contribution in [0.2, 0.25) is 0 Å². The van der Waals surface area contributed by atoms with Crippen molar-refractivity contribution in [1.82, 2.24) is 5.32 Å². The first-order valence-electron chi connectivity index (χ1n) is 6.93. The molecule has 0 aliphatic heterocycles. The molecule has 0 heterocycles. The Balaban J connectivity index is 3.08. The topological polar surface area (TPSA) is 136 Å². The van der Waals surface area contributed by atoms with E-state index < -0.39 is 45.0 Å². The quantitative estimate of drug-likeness (QED) is 0.398. The van der Waals surface area contributed by atoms with Gasteiger partial charge in [-0.1, -0.05) is 13.8 Å². The van der Waals surface area contributed by atoms with Crippen LogP contribution < -0.4 is 11.1 Å². The molecule has 126 valence electrons. The van der Waals surface area contributed by atoms with Gasteiger partial charge in [-0.2, -0.15) is 0 Å². The van der Waals surface area contributed by atoms with E-state index in [0.717, 1.165) is 6.07 Å². The highest BCUT2D eigenvalue weighted by molar-refractivity contribution is 6.01. The largest absolute Gasteiger partial charge is 0.481 e. The van der Waals surface area contributed by atoms with E-state index in [-0.39, 0.29) is 19.4 Å². The predicted molar refractivity (Wildman–Crippen MR) is 80.5 cm³/mol. The number of nitrogens with zero attached hydrogens (tertiary/aromatic N) is 1. The van der Waals surface area contributed by atoms with E-state index in [9.17, 15) is 29.2 Å². The zero-order chi connectivity index (χ0) is 17.8. The summed E-state index contributed by atoms with van der Waals surface area (Å²) in [5, 5.41) is 22.5. The second-order valence-electron chi connectivity index (χ2n) is 5.12. The van der Waals surface area contributed by atoms with Gasteiger partial charge in [0.25, 0.3) is 11.6 Å². The molecule has 0 radical (unpaired) electrons. The molecule has 0 aliphatic carbocycles. The summed E-state index contributed by atoms with van der Waals surface area (Å²) < 4.78 is 13.4. The van der Waals surface area contributed by atoms with Crippen molar-refractivity contribution in [1.29, 1.82) is 0 Å². The van der Waals surface area contributed by atoms with Crippen LogP contribution in [0.25, 0.3) is 0 Å². The number of hydrogen-bond acceptors (Lipinski definition) is 5. The third-order valence-electron chi connectivity index (χ3n) is 3.96. The number of carboxylic acid groups (broad SMARTS) is 1. The number of benzene rings is 1. The molecule has 0 aliphatic rings. The molecule has 1 aromatic rings. The van der Waals surface area contributed by atoms with Crippen molar-refractivity contribution in [3.63, 3.8) is 0 Å². The highest BCUT2D eigenvalue weighted by atomic mass is 19.1. The number of carboxylic acids is 1. The van der Waals surface area contributed by atoms with Crippen LogP contribution >= 0.6 is 0 Å². The Bertz CT molecular complexity index is 644. The zero-order valence-electron chi connectivity index (χ0n) is 12.8. The van der Waals surface area contributed by atoms with E-state index in [2.05, 4.69) is 5.32 Å². The van der Waals surface area contributed by atoms with Crippen LogP contribution in [-0.4, -0.2) is 28.5 Å². The van der Waals surface area contributed by atoms with Crippen LogP contribution in [0.3, 0.4) is 0 Å². The first kappa shape index (κ1) is 18.3. The Morgan fingerprint density at radius 3 is 2.39 bits per heavy atom. The molecule has 0 atom stereocenters. The van der Waals surface area contributed by atoms with E-state index in [1.165, 1.54) is 0 Å². The molecule has 0 spiro atoms. The second kappa shape index (κ2) is 7.03. The van der Waals surface area contributed by atoms with E-state index in [0.29, 0.717) is 6.07 Å². The lowest BCUT2D eigenvalue weighted by Gasteiger charge is -2.26. The lowest BCUT2D eigenvalue weighted by Crippen LogP contribution is -2.42. The predicted octanol–water partition coefficient (Wildman–Crippen LogP) is 1.94. The fourth-order valence-corrected chi connectivity index (χ4v) is 2.17. The molecule has 0 saturated carbocycles. The van der Waals surface area contributed by atoms with Gasteiger partial charge in [-0.05, 0) is 18.9 Å². The molecule has 4 N–H and O–H groups in total. The Labute approximate surface area is 131 Å². The van der Waals surface area contributed by atoms with Crippen molar-refractivity contribution in [2.45, 2.75) is 26.7 Å². The summed E-state index contributed by atoms with van der Waals surface area (Å²) in [6.45, 7) is 3.15. The third kappa shape index (κ3) is 3.74. The highest BCUT2D eigenvalue weighted by Gasteiger charge is 2.35. The van der Waals surface area contributed by atoms with Gasteiger partial charge < -0.3 is 16.2 Å². The molecule has 0 bridgehead atoms. The summed E-state index contributed by atoms with van der Waals surface area (Å²) in [6, 6.07) is 1.39. The fourth-order valence-electron chi connectivity index (χ4n) is 2.17. The number of carbonyl (C=O) groups is 2. The van der Waals surface area contributed by atoms with Crippen molar-refractivity contribution in [3.8, 4) is 0 Å². The number of nitro benzene ring substituents is 1. The van der Waals surface area contributed by atoms with Crippen LogP contribution in [0.15, 0.2) is 12.1 Å². The third-order valence-corrected chi connectivity index (χ3v) is 3.96. The molecule has 0 unspecified atom stereocenters. The summed E-state index contributed by atoms with van der Waals surface area (Å²) >= 11 is 0. The minimum absolute atomic E-state index is 0.197. The van der Waals surface area contributed by atoms with Gasteiger partial charge in [0, 0.05) is 6.54 Å². The zero-order valence-corrected chi connectivity index (χ0v) is 12.8. The number of anilines is 1. The van der Waals surface area contributed by atoms with Crippen LogP contribution in [0.4, 0.5) is 15.8 Å². The molecule has 23 heavy (non-hydrogen) atoms. The van der Waals surface area contributed by atoms with Gasteiger partial charge in [0.2, 0.25) is 0 Å². The monoisotopic (exact) mass is 327 g/mol. The summed E-state index contributed by atoms with van der Waals surface area (Å²) in [5.74, 6) is -2.91. The van der Waals surface area contributed by atoms with Crippen molar-refractivity contribution >= 4 is 23.3 Å². The summed E-state index contributed by atoms with van der Waals surface area (Å²) in [5.41, 5.74) is 2.78. The lowest BCUT2D eigenvalue weighted by molar-refractivity contribution is -0.384. The van der Waals surface area contributed by atoms with E-state index in [1.807, 2.05) is 0 Å². The Morgan fingerprint density at radius 2 is 1.96 bits per heavy atom. The number of nitrogens with two attached hydrogens (primary N) is 1. The molecule has 1 aromatic carbocycles. The number of nitrogen functional groups attached to an aromatic ring is 1. The Kier molecular flexibility index (Phi) is 5.61. The summed E-state index contributed by atoms with van der Waals surface area (Å²) in [7, 11) is 0. The average Bonchev–Trinajstić information content (AvgIpc) is 2.49. The molecule has 0 aromatic heterocycles. The summed E-state index contributed by atoms with van der Waals surface area (Å²) in [4.78, 5) is 33.4. The van der Waals surface area contributed by atoms with Gasteiger partial charge in [0.1, 0.15) is 11.5 Å². The molecule has 1 amide bonds. The van der Waals surface area contributed by atoms with Crippen molar-refractivity contribution in [3.05, 3.63) is 33.6 Å². The second-order valence-corrected chi connectivity index (χ2v) is 5.12. The molecule has 0 saturated heterocycles. The van der Waals surface area contributed by atoms with Crippen molar-refractivity contribution in [2.24, 2.45) is 5.41 Å². The minimum Gasteiger partial charge on any atom is -0.481 e. The number of halogens is 1. The van der Waals surface area contributed by atoms with Crippen LogP contribution in [-0.2, 0) is 4.79 Å². The number of nitro groups is 1. The number of rotatable bonds is 7. The minimum atomic E-state index is -1.16. The lowest BCUT2D eigenvalue weighted by atomic mass is 9.82. The number of aliphatic carboxylic acids is 1. The normalized spacial score (nSPS) is 11.1. The van der Waals surface area contributed by atoms with Gasteiger partial charge in [-0.3, -0.25) is 19.7 Å². The van der Waals surface area contributed by atoms with Gasteiger partial charge in [-0.25, -0.2) is 4.39 Å². The SMILES string of the molecule is CCC(CC)(CNC(=O)c1cc(F)cc([N+](=O)[O-])c1N)C(=O)O. The van der Waals surface area contributed by atoms with E-state index in [4.69, 9.17) is 5.73 Å². The maximum Gasteiger partial charge on any atom is 0.311 e. The number of amides is 1.